The molecular weight excluding hydrogens is 172 g/mol. The molecule has 0 aliphatic carbocycles. The van der Waals surface area contributed by atoms with Crippen molar-refractivity contribution in [1.29, 1.82) is 0 Å². The van der Waals surface area contributed by atoms with E-state index < -0.39 is 0 Å². The van der Waals surface area contributed by atoms with Crippen molar-refractivity contribution in [3.63, 3.8) is 0 Å². The predicted molar refractivity (Wildman–Crippen MR) is 45.0 cm³/mol. The van der Waals surface area contributed by atoms with Gasteiger partial charge < -0.3 is 5.11 Å². The van der Waals surface area contributed by atoms with Gasteiger partial charge in [0.25, 0.3) is 0 Å². The minimum atomic E-state index is -0.329. The molecular formula is C8H10N2O3. The van der Waals surface area contributed by atoms with Crippen LogP contribution in [0.3, 0.4) is 0 Å². The van der Waals surface area contributed by atoms with E-state index in [2.05, 4.69) is 5.10 Å². The Morgan fingerprint density at radius 2 is 2.31 bits per heavy atom. The minimum Gasteiger partial charge on any atom is -0.493 e. The van der Waals surface area contributed by atoms with Gasteiger partial charge in [-0.25, -0.2) is 4.68 Å². The minimum absolute atomic E-state index is 0.0225. The number of nitrogens with zero attached hydrogens (tertiary/aromatic N) is 2. The molecule has 0 saturated carbocycles. The predicted octanol–water partition coefficient (Wildman–Crippen LogP) is 0.624. The zero-order valence-electron chi connectivity index (χ0n) is 7.44. The van der Waals surface area contributed by atoms with Crippen molar-refractivity contribution < 1.29 is 14.7 Å². The van der Waals surface area contributed by atoms with Crippen LogP contribution in [-0.4, -0.2) is 27.0 Å². The molecule has 13 heavy (non-hydrogen) atoms. The SMILES string of the molecule is CCn1nc(C(C)=O)c(C=O)c1O. The van der Waals surface area contributed by atoms with Crippen LogP contribution in [-0.2, 0) is 6.54 Å². The molecule has 1 heterocycles. The quantitative estimate of drug-likeness (QED) is 0.549. The lowest BCUT2D eigenvalue weighted by atomic mass is 10.2. The van der Waals surface area contributed by atoms with Gasteiger partial charge in [-0.15, -0.1) is 0 Å². The van der Waals surface area contributed by atoms with Crippen molar-refractivity contribution in [3.05, 3.63) is 11.3 Å². The number of ketones is 1. The molecule has 0 aliphatic rings. The fraction of sp³-hybridized carbons (Fsp3) is 0.375. The maximum Gasteiger partial charge on any atom is 0.220 e. The Kier molecular flexibility index (Phi) is 2.46. The van der Waals surface area contributed by atoms with Crippen LogP contribution < -0.4 is 0 Å². The summed E-state index contributed by atoms with van der Waals surface area (Å²) in [5.41, 5.74) is -0.0105. The Morgan fingerprint density at radius 3 is 2.62 bits per heavy atom. The number of carbonyl (C=O) groups is 2. The summed E-state index contributed by atoms with van der Waals surface area (Å²) in [5.74, 6) is -0.577. The molecule has 0 aliphatic heterocycles. The lowest BCUT2D eigenvalue weighted by molar-refractivity contribution is 0.1000. The molecule has 0 saturated heterocycles. The lowest BCUT2D eigenvalue weighted by Crippen LogP contribution is -1.99. The van der Waals surface area contributed by atoms with E-state index in [9.17, 15) is 14.7 Å². The second-order valence-corrected chi connectivity index (χ2v) is 2.58. The van der Waals surface area contributed by atoms with Crippen LogP contribution in [0.1, 0.15) is 34.7 Å². The van der Waals surface area contributed by atoms with Crippen molar-refractivity contribution in [1.82, 2.24) is 9.78 Å². The van der Waals surface area contributed by atoms with E-state index in [1.807, 2.05) is 0 Å². The molecule has 0 atom stereocenters. The highest BCUT2D eigenvalue weighted by Gasteiger charge is 2.18. The van der Waals surface area contributed by atoms with E-state index in [-0.39, 0.29) is 22.9 Å². The highest BCUT2D eigenvalue weighted by atomic mass is 16.3. The fourth-order valence-electron chi connectivity index (χ4n) is 1.06. The first kappa shape index (κ1) is 9.44. The van der Waals surface area contributed by atoms with Crippen molar-refractivity contribution in [2.45, 2.75) is 20.4 Å². The molecule has 1 N–H and O–H groups in total. The van der Waals surface area contributed by atoms with Gasteiger partial charge in [0.05, 0.1) is 0 Å². The smallest absolute Gasteiger partial charge is 0.220 e. The number of aromatic nitrogens is 2. The number of rotatable bonds is 3. The number of Topliss-reactive ketones (excluding diaryl/α,β-unsaturated/α-hetero) is 1. The van der Waals surface area contributed by atoms with Gasteiger partial charge in [0.2, 0.25) is 5.88 Å². The number of hydrogen-bond acceptors (Lipinski definition) is 4. The third-order valence-corrected chi connectivity index (χ3v) is 1.71. The Morgan fingerprint density at radius 1 is 1.69 bits per heavy atom. The summed E-state index contributed by atoms with van der Waals surface area (Å²) >= 11 is 0. The second-order valence-electron chi connectivity index (χ2n) is 2.58. The number of aldehydes is 1. The molecule has 0 radical (unpaired) electrons. The van der Waals surface area contributed by atoms with Crippen LogP contribution in [0.5, 0.6) is 5.88 Å². The molecule has 1 aromatic heterocycles. The van der Waals surface area contributed by atoms with E-state index in [0.717, 1.165) is 0 Å². The summed E-state index contributed by atoms with van der Waals surface area (Å²) in [5, 5.41) is 13.2. The van der Waals surface area contributed by atoms with E-state index in [0.29, 0.717) is 12.8 Å². The van der Waals surface area contributed by atoms with Crippen molar-refractivity contribution in [2.75, 3.05) is 0 Å². The van der Waals surface area contributed by atoms with Crippen LogP contribution >= 0.6 is 0 Å². The third kappa shape index (κ3) is 1.44. The summed E-state index contributed by atoms with van der Waals surface area (Å²) in [7, 11) is 0. The average Bonchev–Trinajstić information content (AvgIpc) is 2.42. The van der Waals surface area contributed by atoms with Gasteiger partial charge in [-0.1, -0.05) is 0 Å². The van der Waals surface area contributed by atoms with Crippen molar-refractivity contribution >= 4 is 12.1 Å². The summed E-state index contributed by atoms with van der Waals surface area (Å²) < 4.78 is 1.21. The van der Waals surface area contributed by atoms with Gasteiger partial charge in [0, 0.05) is 13.5 Å². The molecule has 1 aromatic rings. The van der Waals surface area contributed by atoms with E-state index >= 15 is 0 Å². The normalized spacial score (nSPS) is 10.0. The van der Waals surface area contributed by atoms with E-state index in [4.69, 9.17) is 0 Å². The Balaban J connectivity index is 3.35. The Labute approximate surface area is 75.0 Å². The molecule has 0 aromatic carbocycles. The van der Waals surface area contributed by atoms with E-state index in [1.165, 1.54) is 11.6 Å². The largest absolute Gasteiger partial charge is 0.493 e. The summed E-state index contributed by atoms with van der Waals surface area (Å²) in [6.07, 6.45) is 0.436. The first-order chi connectivity index (χ1) is 6.11. The molecule has 5 nitrogen and oxygen atoms in total. The topological polar surface area (TPSA) is 72.2 Å². The standard InChI is InChI=1S/C8H10N2O3/c1-3-10-8(13)6(4-11)7(9-10)5(2)12/h4,13H,3H2,1-2H3. The molecule has 0 amide bonds. The lowest BCUT2D eigenvalue weighted by Gasteiger charge is -1.94. The molecule has 70 valence electrons. The van der Waals surface area contributed by atoms with Crippen LogP contribution in [0, 0.1) is 0 Å². The van der Waals surface area contributed by atoms with Crippen molar-refractivity contribution in [3.8, 4) is 5.88 Å². The van der Waals surface area contributed by atoms with Crippen LogP contribution in [0.4, 0.5) is 0 Å². The maximum absolute atomic E-state index is 11.0. The first-order valence-corrected chi connectivity index (χ1v) is 3.87. The van der Waals surface area contributed by atoms with Gasteiger partial charge in [-0.3, -0.25) is 9.59 Å². The van der Waals surface area contributed by atoms with Gasteiger partial charge >= 0.3 is 0 Å². The second kappa shape index (κ2) is 3.38. The molecule has 0 unspecified atom stereocenters. The van der Waals surface area contributed by atoms with Gasteiger partial charge in [-0.05, 0) is 6.92 Å². The van der Waals surface area contributed by atoms with Gasteiger partial charge in [-0.2, -0.15) is 5.10 Å². The summed E-state index contributed by atoms with van der Waals surface area (Å²) in [6, 6.07) is 0. The molecule has 0 spiro atoms. The first-order valence-electron chi connectivity index (χ1n) is 3.87. The molecule has 5 heteroatoms. The zero-order valence-corrected chi connectivity index (χ0v) is 7.44. The van der Waals surface area contributed by atoms with Crippen LogP contribution in [0.25, 0.3) is 0 Å². The van der Waals surface area contributed by atoms with Gasteiger partial charge in [0.1, 0.15) is 11.3 Å². The third-order valence-electron chi connectivity index (χ3n) is 1.71. The summed E-state index contributed by atoms with van der Waals surface area (Å²) in [6.45, 7) is 3.47. The molecule has 0 fully saturated rings. The maximum atomic E-state index is 11.0. The average molecular weight is 182 g/mol. The van der Waals surface area contributed by atoms with E-state index in [1.54, 1.807) is 6.92 Å². The Hall–Kier alpha value is -1.65. The number of hydrogen-bond donors (Lipinski definition) is 1. The fourth-order valence-corrected chi connectivity index (χ4v) is 1.06. The molecule has 0 bridgehead atoms. The number of aromatic hydroxyl groups is 1. The summed E-state index contributed by atoms with van der Waals surface area (Å²) in [4.78, 5) is 21.5. The highest BCUT2D eigenvalue weighted by Crippen LogP contribution is 2.19. The zero-order chi connectivity index (χ0) is 10.0. The molecule has 1 rings (SSSR count). The Bertz CT molecular complexity index is 355. The van der Waals surface area contributed by atoms with Crippen LogP contribution in [0.15, 0.2) is 0 Å². The van der Waals surface area contributed by atoms with Gasteiger partial charge in [0.15, 0.2) is 12.1 Å². The van der Waals surface area contributed by atoms with Crippen molar-refractivity contribution in [2.24, 2.45) is 0 Å². The monoisotopic (exact) mass is 182 g/mol. The highest BCUT2D eigenvalue weighted by molar-refractivity contribution is 6.00. The number of carbonyl (C=O) groups excluding carboxylic acids is 2. The number of aryl methyl sites for hydroxylation is 1. The van der Waals surface area contributed by atoms with Crippen LogP contribution in [0.2, 0.25) is 0 Å².